The minimum Gasteiger partial charge on any atom is -0.349 e. The maximum absolute atomic E-state index is 4.90. The van der Waals surface area contributed by atoms with E-state index in [1.54, 1.807) is 0 Å². The van der Waals surface area contributed by atoms with E-state index >= 15 is 0 Å². The predicted octanol–water partition coefficient (Wildman–Crippen LogP) is 2.40. The van der Waals surface area contributed by atoms with Crippen molar-refractivity contribution in [3.05, 3.63) is 46.6 Å². The van der Waals surface area contributed by atoms with Crippen LogP contribution in [0.4, 0.5) is 17.8 Å². The summed E-state index contributed by atoms with van der Waals surface area (Å²) in [6.07, 6.45) is 5.61. The number of nitrogens with zero attached hydrogens (tertiary/aromatic N) is 9. The molecule has 5 rings (SSSR count). The van der Waals surface area contributed by atoms with Crippen molar-refractivity contribution >= 4 is 17.8 Å². The van der Waals surface area contributed by atoms with Crippen LogP contribution in [0.5, 0.6) is 0 Å². The molecule has 0 aromatic carbocycles. The number of aryl methyl sites for hydroxylation is 2. The van der Waals surface area contributed by atoms with Gasteiger partial charge in [0.05, 0.1) is 24.5 Å². The zero-order valence-electron chi connectivity index (χ0n) is 19.9. The average Bonchev–Trinajstić information content (AvgIpc) is 2.76. The van der Waals surface area contributed by atoms with Gasteiger partial charge >= 0.3 is 0 Å². The molecule has 0 fully saturated rings. The Morgan fingerprint density at radius 1 is 0.727 bits per heavy atom. The predicted molar refractivity (Wildman–Crippen MR) is 126 cm³/mol. The summed E-state index contributed by atoms with van der Waals surface area (Å²) in [5.41, 5.74) is 4.30. The molecule has 0 aliphatic carbocycles. The van der Waals surface area contributed by atoms with Gasteiger partial charge in [-0.1, -0.05) is 0 Å². The van der Waals surface area contributed by atoms with Crippen molar-refractivity contribution in [3.8, 4) is 0 Å². The molecule has 1 N–H and O–H groups in total. The first-order valence-electron chi connectivity index (χ1n) is 11.4. The van der Waals surface area contributed by atoms with Gasteiger partial charge in [-0.3, -0.25) is 0 Å². The molecule has 33 heavy (non-hydrogen) atoms. The van der Waals surface area contributed by atoms with Gasteiger partial charge < -0.3 is 15.1 Å². The number of fused-ring (bicyclic) bond motifs is 2. The van der Waals surface area contributed by atoms with Crippen molar-refractivity contribution in [3.63, 3.8) is 0 Å². The second-order valence-electron chi connectivity index (χ2n) is 9.76. The van der Waals surface area contributed by atoms with Gasteiger partial charge in [-0.15, -0.1) is 0 Å². The molecule has 3 aromatic heterocycles. The number of hydrogen-bond acceptors (Lipinski definition) is 10. The standard InChI is InChI=1S/C23H30N10/c1-14-24-10-16-6-8-32(12-18(16)26-14)21-28-20(31-23(3,4)5)29-22(30-21)33-9-7-17-11-25-15(2)27-19(17)13-33/h10-11H,6-9,12-13H2,1-5H3,(H,28,29,30,31). The number of aromatic nitrogens is 7. The summed E-state index contributed by atoms with van der Waals surface area (Å²) in [7, 11) is 0. The molecule has 0 amide bonds. The Labute approximate surface area is 194 Å². The molecule has 2 aliphatic rings. The van der Waals surface area contributed by atoms with Crippen LogP contribution in [0.25, 0.3) is 0 Å². The third kappa shape index (κ3) is 4.69. The molecule has 0 saturated carbocycles. The smallest absolute Gasteiger partial charge is 0.232 e. The molecule has 0 spiro atoms. The van der Waals surface area contributed by atoms with E-state index in [1.807, 2.05) is 26.2 Å². The Morgan fingerprint density at radius 2 is 1.21 bits per heavy atom. The molecule has 2 aliphatic heterocycles. The molecule has 3 aromatic rings. The second kappa shape index (κ2) is 8.17. The summed E-state index contributed by atoms with van der Waals surface area (Å²) in [6, 6.07) is 0. The molecule has 10 heteroatoms. The molecular formula is C23H30N10. The largest absolute Gasteiger partial charge is 0.349 e. The van der Waals surface area contributed by atoms with E-state index in [0.717, 1.165) is 49.0 Å². The van der Waals surface area contributed by atoms with Gasteiger partial charge in [0, 0.05) is 31.0 Å². The summed E-state index contributed by atoms with van der Waals surface area (Å²) in [5, 5.41) is 3.43. The van der Waals surface area contributed by atoms with Crippen molar-refractivity contribution in [1.29, 1.82) is 0 Å². The fourth-order valence-electron chi connectivity index (χ4n) is 4.18. The summed E-state index contributed by atoms with van der Waals surface area (Å²) in [6.45, 7) is 13.1. The monoisotopic (exact) mass is 446 g/mol. The Balaban J connectivity index is 1.48. The Kier molecular flexibility index (Phi) is 5.30. The number of hydrogen-bond donors (Lipinski definition) is 1. The Hall–Kier alpha value is -3.43. The molecule has 5 heterocycles. The van der Waals surface area contributed by atoms with Gasteiger partial charge in [-0.05, 0) is 58.6 Å². The summed E-state index contributed by atoms with van der Waals surface area (Å²) in [5.74, 6) is 3.48. The molecule has 172 valence electrons. The third-order valence-electron chi connectivity index (χ3n) is 5.80. The molecule has 0 atom stereocenters. The van der Waals surface area contributed by atoms with E-state index in [9.17, 15) is 0 Å². The first-order chi connectivity index (χ1) is 15.7. The van der Waals surface area contributed by atoms with Crippen LogP contribution in [0.15, 0.2) is 12.4 Å². The van der Waals surface area contributed by atoms with Crippen LogP contribution in [0.1, 0.15) is 54.9 Å². The van der Waals surface area contributed by atoms with Crippen LogP contribution >= 0.6 is 0 Å². The zero-order valence-corrected chi connectivity index (χ0v) is 19.9. The first-order valence-corrected chi connectivity index (χ1v) is 11.4. The van der Waals surface area contributed by atoms with E-state index in [-0.39, 0.29) is 5.54 Å². The van der Waals surface area contributed by atoms with Crippen molar-refractivity contribution < 1.29 is 0 Å². The van der Waals surface area contributed by atoms with Crippen molar-refractivity contribution in [2.24, 2.45) is 0 Å². The molecular weight excluding hydrogens is 416 g/mol. The zero-order chi connectivity index (χ0) is 23.2. The second-order valence-corrected chi connectivity index (χ2v) is 9.76. The summed E-state index contributed by atoms with van der Waals surface area (Å²) in [4.78, 5) is 36.8. The number of rotatable bonds is 3. The maximum atomic E-state index is 4.90. The summed E-state index contributed by atoms with van der Waals surface area (Å²) >= 11 is 0. The molecule has 10 nitrogen and oxygen atoms in total. The van der Waals surface area contributed by atoms with Gasteiger partial charge in [-0.25, -0.2) is 19.9 Å². The van der Waals surface area contributed by atoms with E-state index in [0.29, 0.717) is 30.9 Å². The molecule has 0 bridgehead atoms. The topological polar surface area (TPSA) is 109 Å². The summed E-state index contributed by atoms with van der Waals surface area (Å²) < 4.78 is 0. The number of anilines is 3. The van der Waals surface area contributed by atoms with Crippen molar-refractivity contribution in [2.45, 2.75) is 66.1 Å². The quantitative estimate of drug-likeness (QED) is 0.644. The van der Waals surface area contributed by atoms with Gasteiger partial charge in [-0.2, -0.15) is 15.0 Å². The minimum absolute atomic E-state index is 0.173. The third-order valence-corrected chi connectivity index (χ3v) is 5.80. The lowest BCUT2D eigenvalue weighted by molar-refractivity contribution is 0.617. The highest BCUT2D eigenvalue weighted by atomic mass is 15.4. The minimum atomic E-state index is -0.173. The Morgan fingerprint density at radius 3 is 1.67 bits per heavy atom. The van der Waals surface area contributed by atoms with Crippen LogP contribution < -0.4 is 15.1 Å². The van der Waals surface area contributed by atoms with E-state index in [2.05, 4.69) is 55.8 Å². The van der Waals surface area contributed by atoms with Gasteiger partial charge in [0.25, 0.3) is 0 Å². The normalized spacial score (nSPS) is 15.8. The van der Waals surface area contributed by atoms with E-state index in [1.165, 1.54) is 11.1 Å². The highest BCUT2D eigenvalue weighted by Crippen LogP contribution is 2.26. The van der Waals surface area contributed by atoms with Gasteiger partial charge in [0.15, 0.2) is 0 Å². The average molecular weight is 447 g/mol. The van der Waals surface area contributed by atoms with Crippen LogP contribution in [0.3, 0.4) is 0 Å². The first kappa shape index (κ1) is 21.4. The van der Waals surface area contributed by atoms with Crippen LogP contribution in [0, 0.1) is 13.8 Å². The van der Waals surface area contributed by atoms with Crippen LogP contribution in [-0.2, 0) is 25.9 Å². The molecule has 0 radical (unpaired) electrons. The lowest BCUT2D eigenvalue weighted by atomic mass is 10.1. The highest BCUT2D eigenvalue weighted by Gasteiger charge is 2.26. The van der Waals surface area contributed by atoms with Crippen molar-refractivity contribution in [1.82, 2.24) is 34.9 Å². The van der Waals surface area contributed by atoms with Gasteiger partial charge in [0.1, 0.15) is 11.6 Å². The van der Waals surface area contributed by atoms with Crippen LogP contribution in [0.2, 0.25) is 0 Å². The fourth-order valence-corrected chi connectivity index (χ4v) is 4.18. The lowest BCUT2D eigenvalue weighted by Crippen LogP contribution is -2.36. The van der Waals surface area contributed by atoms with Gasteiger partial charge in [0.2, 0.25) is 17.8 Å². The SMILES string of the molecule is Cc1ncc2c(n1)CN(c1nc(NC(C)(C)C)nc(N3CCc4cnc(C)nc4C3)n1)CC2. The Bertz CT molecular complexity index is 1100. The van der Waals surface area contributed by atoms with Crippen LogP contribution in [-0.4, -0.2) is 53.5 Å². The van der Waals surface area contributed by atoms with E-state index in [4.69, 9.17) is 15.0 Å². The van der Waals surface area contributed by atoms with Crippen molar-refractivity contribution in [2.75, 3.05) is 28.2 Å². The highest BCUT2D eigenvalue weighted by molar-refractivity contribution is 5.48. The maximum Gasteiger partial charge on any atom is 0.232 e. The fraction of sp³-hybridized carbons (Fsp3) is 0.522. The number of nitrogens with one attached hydrogen (secondary N) is 1. The molecule has 0 unspecified atom stereocenters. The van der Waals surface area contributed by atoms with E-state index < -0.39 is 0 Å². The lowest BCUT2D eigenvalue weighted by Gasteiger charge is -2.31. The molecule has 0 saturated heterocycles.